The Labute approximate surface area is 72.1 Å². The summed E-state index contributed by atoms with van der Waals surface area (Å²) >= 11 is 0. The maximum Gasteiger partial charge on any atom is 0.0959 e. The SMILES string of the molecule is C/C(C#N)=C/Nc1ccccc1. The van der Waals surface area contributed by atoms with Crippen LogP contribution >= 0.6 is 0 Å². The molecule has 0 heterocycles. The van der Waals surface area contributed by atoms with Crippen LogP contribution in [0.2, 0.25) is 0 Å². The van der Waals surface area contributed by atoms with Gasteiger partial charge in [-0.1, -0.05) is 18.2 Å². The van der Waals surface area contributed by atoms with Gasteiger partial charge in [-0.3, -0.25) is 0 Å². The van der Waals surface area contributed by atoms with Crippen molar-refractivity contribution in [1.29, 1.82) is 5.26 Å². The standard InChI is InChI=1S/C10H10N2/c1-9(7-11)8-12-10-5-3-2-4-6-10/h2-6,8,12H,1H3/b9-8-. The molecule has 0 bridgehead atoms. The summed E-state index contributed by atoms with van der Waals surface area (Å²) in [6, 6.07) is 11.8. The molecule has 0 aliphatic carbocycles. The van der Waals surface area contributed by atoms with Crippen molar-refractivity contribution in [3.05, 3.63) is 42.1 Å². The Morgan fingerprint density at radius 1 is 1.42 bits per heavy atom. The van der Waals surface area contributed by atoms with Crippen LogP contribution in [0.25, 0.3) is 0 Å². The number of rotatable bonds is 2. The highest BCUT2D eigenvalue weighted by Gasteiger charge is 1.85. The van der Waals surface area contributed by atoms with Gasteiger partial charge in [-0.15, -0.1) is 0 Å². The first-order valence-corrected chi connectivity index (χ1v) is 3.71. The van der Waals surface area contributed by atoms with Gasteiger partial charge >= 0.3 is 0 Å². The highest BCUT2D eigenvalue weighted by atomic mass is 14.8. The number of hydrogen-bond donors (Lipinski definition) is 1. The molecule has 0 saturated carbocycles. The van der Waals surface area contributed by atoms with E-state index >= 15 is 0 Å². The lowest BCUT2D eigenvalue weighted by Gasteiger charge is -1.98. The molecule has 1 rings (SSSR count). The summed E-state index contributed by atoms with van der Waals surface area (Å²) in [6.45, 7) is 1.76. The fourth-order valence-corrected chi connectivity index (χ4v) is 0.758. The molecule has 0 amide bonds. The van der Waals surface area contributed by atoms with Gasteiger partial charge in [-0.05, 0) is 19.1 Å². The molecule has 0 saturated heterocycles. The van der Waals surface area contributed by atoms with E-state index in [1.54, 1.807) is 13.1 Å². The van der Waals surface area contributed by atoms with Crippen LogP contribution in [0.3, 0.4) is 0 Å². The maximum atomic E-state index is 8.45. The van der Waals surface area contributed by atoms with E-state index in [9.17, 15) is 0 Å². The van der Waals surface area contributed by atoms with E-state index in [4.69, 9.17) is 5.26 Å². The fourth-order valence-electron chi connectivity index (χ4n) is 0.758. The highest BCUT2D eigenvalue weighted by Crippen LogP contribution is 2.05. The number of nitriles is 1. The zero-order valence-corrected chi connectivity index (χ0v) is 6.91. The molecular formula is C10H10N2. The van der Waals surface area contributed by atoms with Gasteiger partial charge in [0, 0.05) is 17.5 Å². The number of anilines is 1. The van der Waals surface area contributed by atoms with Gasteiger partial charge in [0.05, 0.1) is 6.07 Å². The normalized spacial score (nSPS) is 10.5. The van der Waals surface area contributed by atoms with Crippen LogP contribution in [-0.4, -0.2) is 0 Å². The van der Waals surface area contributed by atoms with Crippen LogP contribution in [0.5, 0.6) is 0 Å². The minimum atomic E-state index is 0.666. The first-order chi connectivity index (χ1) is 5.83. The summed E-state index contributed by atoms with van der Waals surface area (Å²) < 4.78 is 0. The Bertz CT molecular complexity index is 306. The van der Waals surface area contributed by atoms with Gasteiger partial charge in [-0.25, -0.2) is 0 Å². The molecule has 0 aromatic heterocycles. The molecule has 1 aromatic rings. The van der Waals surface area contributed by atoms with Gasteiger partial charge in [0.2, 0.25) is 0 Å². The lowest BCUT2D eigenvalue weighted by molar-refractivity contribution is 1.42. The van der Waals surface area contributed by atoms with Crippen molar-refractivity contribution in [3.63, 3.8) is 0 Å². The second-order valence-corrected chi connectivity index (χ2v) is 2.45. The molecule has 0 unspecified atom stereocenters. The summed E-state index contributed by atoms with van der Waals surface area (Å²) in [5, 5.41) is 11.5. The number of nitrogens with one attached hydrogen (secondary N) is 1. The fraction of sp³-hybridized carbons (Fsp3) is 0.100. The molecular weight excluding hydrogens is 148 g/mol. The van der Waals surface area contributed by atoms with Crippen molar-refractivity contribution in [2.45, 2.75) is 6.92 Å². The quantitative estimate of drug-likeness (QED) is 0.671. The van der Waals surface area contributed by atoms with Crippen molar-refractivity contribution in [2.24, 2.45) is 0 Å². The van der Waals surface area contributed by atoms with Crippen molar-refractivity contribution < 1.29 is 0 Å². The molecule has 0 aliphatic rings. The van der Waals surface area contributed by atoms with Gasteiger partial charge in [0.1, 0.15) is 0 Å². The average Bonchev–Trinajstić information content (AvgIpc) is 2.16. The van der Waals surface area contributed by atoms with E-state index in [0.29, 0.717) is 5.57 Å². The number of benzene rings is 1. The van der Waals surface area contributed by atoms with E-state index in [0.717, 1.165) is 5.69 Å². The third-order valence-electron chi connectivity index (χ3n) is 1.41. The lowest BCUT2D eigenvalue weighted by atomic mass is 10.3. The van der Waals surface area contributed by atoms with Crippen molar-refractivity contribution in [1.82, 2.24) is 0 Å². The number of para-hydroxylation sites is 1. The second kappa shape index (κ2) is 4.20. The minimum absolute atomic E-state index is 0.666. The predicted octanol–water partition coefficient (Wildman–Crippen LogP) is 2.53. The molecule has 2 nitrogen and oxygen atoms in total. The average molecular weight is 158 g/mol. The predicted molar refractivity (Wildman–Crippen MR) is 49.4 cm³/mol. The molecule has 0 radical (unpaired) electrons. The van der Waals surface area contributed by atoms with E-state index in [-0.39, 0.29) is 0 Å². The maximum absolute atomic E-state index is 8.45. The Morgan fingerprint density at radius 3 is 2.67 bits per heavy atom. The van der Waals surface area contributed by atoms with E-state index < -0.39 is 0 Å². The molecule has 2 heteroatoms. The smallest absolute Gasteiger partial charge is 0.0959 e. The second-order valence-electron chi connectivity index (χ2n) is 2.45. The van der Waals surface area contributed by atoms with E-state index in [1.807, 2.05) is 36.4 Å². The molecule has 1 N–H and O–H groups in total. The monoisotopic (exact) mass is 158 g/mol. The van der Waals surface area contributed by atoms with E-state index in [2.05, 4.69) is 5.32 Å². The largest absolute Gasteiger partial charge is 0.361 e. The molecule has 0 aliphatic heterocycles. The van der Waals surface area contributed by atoms with E-state index in [1.165, 1.54) is 0 Å². The summed E-state index contributed by atoms with van der Waals surface area (Å²) in [4.78, 5) is 0. The van der Waals surface area contributed by atoms with Gasteiger partial charge < -0.3 is 5.32 Å². The van der Waals surface area contributed by atoms with Gasteiger partial charge in [0.25, 0.3) is 0 Å². The molecule has 1 aromatic carbocycles. The third kappa shape index (κ3) is 2.47. The molecule has 60 valence electrons. The third-order valence-corrected chi connectivity index (χ3v) is 1.41. The Balaban J connectivity index is 2.61. The van der Waals surface area contributed by atoms with Crippen LogP contribution in [-0.2, 0) is 0 Å². The summed E-state index contributed by atoms with van der Waals surface area (Å²) in [7, 11) is 0. The van der Waals surface area contributed by atoms with Crippen LogP contribution in [0.1, 0.15) is 6.92 Å². The molecule has 0 spiro atoms. The Kier molecular flexibility index (Phi) is 2.92. The molecule has 12 heavy (non-hydrogen) atoms. The number of allylic oxidation sites excluding steroid dienone is 1. The van der Waals surface area contributed by atoms with Crippen LogP contribution in [0.15, 0.2) is 42.1 Å². The summed E-state index contributed by atoms with van der Waals surface area (Å²) in [5.74, 6) is 0. The number of hydrogen-bond acceptors (Lipinski definition) is 2. The van der Waals surface area contributed by atoms with Gasteiger partial charge in [-0.2, -0.15) is 5.26 Å². The minimum Gasteiger partial charge on any atom is -0.361 e. The summed E-state index contributed by atoms with van der Waals surface area (Å²) in [5.41, 5.74) is 1.66. The molecule has 0 fully saturated rings. The summed E-state index contributed by atoms with van der Waals surface area (Å²) in [6.07, 6.45) is 1.69. The topological polar surface area (TPSA) is 35.8 Å². The van der Waals surface area contributed by atoms with Crippen LogP contribution < -0.4 is 5.32 Å². The Morgan fingerprint density at radius 2 is 2.08 bits per heavy atom. The van der Waals surface area contributed by atoms with Crippen LogP contribution in [0, 0.1) is 11.3 Å². The van der Waals surface area contributed by atoms with Crippen molar-refractivity contribution >= 4 is 5.69 Å². The Hall–Kier alpha value is -1.75. The zero-order chi connectivity index (χ0) is 8.81. The first kappa shape index (κ1) is 8.35. The van der Waals surface area contributed by atoms with Crippen molar-refractivity contribution in [2.75, 3.05) is 5.32 Å². The first-order valence-electron chi connectivity index (χ1n) is 3.71. The molecule has 0 atom stereocenters. The highest BCUT2D eigenvalue weighted by molar-refractivity contribution is 5.46. The van der Waals surface area contributed by atoms with Crippen LogP contribution in [0.4, 0.5) is 5.69 Å². The zero-order valence-electron chi connectivity index (χ0n) is 6.91. The van der Waals surface area contributed by atoms with Crippen molar-refractivity contribution in [3.8, 4) is 6.07 Å². The van der Waals surface area contributed by atoms with Gasteiger partial charge in [0.15, 0.2) is 0 Å². The number of nitrogens with zero attached hydrogens (tertiary/aromatic N) is 1. The lowest BCUT2D eigenvalue weighted by Crippen LogP contribution is -1.87.